The fourth-order valence-corrected chi connectivity index (χ4v) is 2.56. The maximum absolute atomic E-state index is 5.47. The highest BCUT2D eigenvalue weighted by Crippen LogP contribution is 2.21. The minimum atomic E-state index is 0.313. The third-order valence-electron chi connectivity index (χ3n) is 3.60. The zero-order valence-electron chi connectivity index (χ0n) is 15.1. The molecule has 3 rings (SSSR count). The molecule has 0 bridgehead atoms. The van der Waals surface area contributed by atoms with Gasteiger partial charge in [0.15, 0.2) is 5.11 Å². The number of thiocarbonyl (C=S) groups is 1. The van der Waals surface area contributed by atoms with Crippen molar-refractivity contribution < 1.29 is 14.0 Å². The largest absolute Gasteiger partial charge is 0.497 e. The number of hydrogen-bond donors (Lipinski definition) is 2. The van der Waals surface area contributed by atoms with Gasteiger partial charge >= 0.3 is 0 Å². The van der Waals surface area contributed by atoms with E-state index in [4.69, 9.17) is 26.2 Å². The lowest BCUT2D eigenvalue weighted by atomic mass is 10.2. The van der Waals surface area contributed by atoms with Gasteiger partial charge in [0.25, 0.3) is 0 Å². The Kier molecular flexibility index (Phi) is 6.22. The van der Waals surface area contributed by atoms with Crippen LogP contribution in [0.25, 0.3) is 11.4 Å². The maximum Gasteiger partial charge on any atom is 0.246 e. The van der Waals surface area contributed by atoms with Crippen molar-refractivity contribution >= 4 is 23.0 Å². The monoisotopic (exact) mass is 384 g/mol. The van der Waals surface area contributed by atoms with Crippen LogP contribution in [0, 0.1) is 0 Å². The summed E-state index contributed by atoms with van der Waals surface area (Å²) in [6.07, 6.45) is 0. The first-order chi connectivity index (χ1) is 13.2. The van der Waals surface area contributed by atoms with E-state index in [0.29, 0.717) is 30.0 Å². The topological polar surface area (TPSA) is 81.4 Å². The number of hydrogen-bond acceptors (Lipinski definition) is 6. The smallest absolute Gasteiger partial charge is 0.246 e. The van der Waals surface area contributed by atoms with Crippen LogP contribution in [0.15, 0.2) is 53.1 Å². The first-order valence-corrected chi connectivity index (χ1v) is 8.83. The Balaban J connectivity index is 1.56. The number of methoxy groups -OCH3 is 1. The minimum absolute atomic E-state index is 0.313. The van der Waals surface area contributed by atoms with Crippen molar-refractivity contribution in [1.29, 1.82) is 0 Å². The number of aromatic nitrogens is 2. The molecule has 0 aliphatic heterocycles. The average Bonchev–Trinajstić information content (AvgIpc) is 3.16. The number of nitrogens with zero attached hydrogens (tertiary/aromatic N) is 2. The average molecular weight is 384 g/mol. The lowest BCUT2D eigenvalue weighted by Crippen LogP contribution is -2.28. The van der Waals surface area contributed by atoms with Crippen LogP contribution in [0.2, 0.25) is 0 Å². The Bertz CT molecular complexity index is 913. The van der Waals surface area contributed by atoms with Crippen LogP contribution in [0.1, 0.15) is 12.8 Å². The number of benzene rings is 2. The molecule has 27 heavy (non-hydrogen) atoms. The first-order valence-electron chi connectivity index (χ1n) is 8.42. The van der Waals surface area contributed by atoms with E-state index in [1.165, 1.54) is 0 Å². The van der Waals surface area contributed by atoms with Gasteiger partial charge in [0.2, 0.25) is 11.7 Å². The summed E-state index contributed by atoms with van der Waals surface area (Å²) in [5.41, 5.74) is 1.65. The summed E-state index contributed by atoms with van der Waals surface area (Å²) in [6.45, 7) is 2.86. The molecule has 2 N–H and O–H groups in total. The third-order valence-corrected chi connectivity index (χ3v) is 3.85. The Labute approximate surface area is 162 Å². The van der Waals surface area contributed by atoms with Gasteiger partial charge in [-0.3, -0.25) is 0 Å². The van der Waals surface area contributed by atoms with Crippen molar-refractivity contribution in [2.75, 3.05) is 19.0 Å². The molecule has 0 aliphatic carbocycles. The van der Waals surface area contributed by atoms with E-state index in [-0.39, 0.29) is 0 Å². The normalized spacial score (nSPS) is 10.3. The highest BCUT2D eigenvalue weighted by Gasteiger charge is 2.10. The van der Waals surface area contributed by atoms with Crippen LogP contribution >= 0.6 is 12.2 Å². The molecular weight excluding hydrogens is 364 g/mol. The van der Waals surface area contributed by atoms with Crippen LogP contribution in [0.5, 0.6) is 11.5 Å². The fraction of sp³-hybridized carbons (Fsp3) is 0.211. The van der Waals surface area contributed by atoms with Gasteiger partial charge in [-0.1, -0.05) is 23.4 Å². The van der Waals surface area contributed by atoms with E-state index in [1.54, 1.807) is 7.11 Å². The lowest BCUT2D eigenvalue weighted by molar-refractivity contribution is 0.340. The van der Waals surface area contributed by atoms with Gasteiger partial charge in [-0.15, -0.1) is 0 Å². The number of anilines is 1. The van der Waals surface area contributed by atoms with Crippen molar-refractivity contribution in [1.82, 2.24) is 15.5 Å². The lowest BCUT2D eigenvalue weighted by Gasteiger charge is -2.10. The zero-order chi connectivity index (χ0) is 19.1. The van der Waals surface area contributed by atoms with Crippen molar-refractivity contribution in [3.8, 4) is 22.9 Å². The summed E-state index contributed by atoms with van der Waals surface area (Å²) in [7, 11) is 1.61. The molecule has 8 heteroatoms. The Morgan fingerprint density at radius 1 is 1.15 bits per heavy atom. The zero-order valence-corrected chi connectivity index (χ0v) is 15.9. The standard InChI is InChI=1S/C19H20N4O3S/c1-3-25-16-9-5-7-14(11-16)21-19(27)20-12-17-22-18(23-26-17)13-6-4-8-15(10-13)24-2/h4-11H,3,12H2,1-2H3,(H2,20,21,27). The van der Waals surface area contributed by atoms with E-state index in [9.17, 15) is 0 Å². The Morgan fingerprint density at radius 2 is 1.96 bits per heavy atom. The molecule has 0 saturated carbocycles. The van der Waals surface area contributed by atoms with Gasteiger partial charge in [-0.25, -0.2) is 0 Å². The van der Waals surface area contributed by atoms with Crippen LogP contribution in [-0.2, 0) is 6.54 Å². The Hall–Kier alpha value is -3.13. The molecular formula is C19H20N4O3S. The predicted molar refractivity (Wildman–Crippen MR) is 107 cm³/mol. The maximum atomic E-state index is 5.47. The SMILES string of the molecule is CCOc1cccc(NC(=S)NCc2nc(-c3cccc(OC)c3)no2)c1. The highest BCUT2D eigenvalue weighted by atomic mass is 32.1. The number of rotatable bonds is 7. The van der Waals surface area contributed by atoms with E-state index < -0.39 is 0 Å². The van der Waals surface area contributed by atoms with Crippen molar-refractivity contribution in [3.05, 3.63) is 54.4 Å². The second-order valence-electron chi connectivity index (χ2n) is 5.51. The van der Waals surface area contributed by atoms with Crippen molar-refractivity contribution in [2.45, 2.75) is 13.5 Å². The highest BCUT2D eigenvalue weighted by molar-refractivity contribution is 7.80. The van der Waals surface area contributed by atoms with E-state index in [1.807, 2.05) is 55.5 Å². The summed E-state index contributed by atoms with van der Waals surface area (Å²) in [4.78, 5) is 4.37. The van der Waals surface area contributed by atoms with Crippen LogP contribution in [-0.4, -0.2) is 29.0 Å². The van der Waals surface area contributed by atoms with Crippen LogP contribution < -0.4 is 20.1 Å². The molecule has 0 spiro atoms. The molecule has 0 amide bonds. The third kappa shape index (κ3) is 5.18. The molecule has 1 heterocycles. The first kappa shape index (κ1) is 18.7. The van der Waals surface area contributed by atoms with Crippen molar-refractivity contribution in [3.63, 3.8) is 0 Å². The van der Waals surface area contributed by atoms with Gasteiger partial charge in [0, 0.05) is 17.3 Å². The van der Waals surface area contributed by atoms with Gasteiger partial charge in [0.05, 0.1) is 20.3 Å². The summed E-state index contributed by atoms with van der Waals surface area (Å²) < 4.78 is 16.0. The van der Waals surface area contributed by atoms with E-state index >= 15 is 0 Å². The van der Waals surface area contributed by atoms with Gasteiger partial charge < -0.3 is 24.6 Å². The number of nitrogens with one attached hydrogen (secondary N) is 2. The fourth-order valence-electron chi connectivity index (χ4n) is 2.37. The molecule has 0 atom stereocenters. The predicted octanol–water partition coefficient (Wildman–Crippen LogP) is 3.63. The molecule has 1 aromatic heterocycles. The molecule has 0 fully saturated rings. The molecule has 0 radical (unpaired) electrons. The molecule has 2 aromatic carbocycles. The van der Waals surface area contributed by atoms with Gasteiger partial charge in [-0.05, 0) is 43.4 Å². The van der Waals surface area contributed by atoms with Crippen molar-refractivity contribution in [2.24, 2.45) is 0 Å². The second-order valence-corrected chi connectivity index (χ2v) is 5.92. The van der Waals surface area contributed by atoms with E-state index in [2.05, 4.69) is 20.8 Å². The summed E-state index contributed by atoms with van der Waals surface area (Å²) in [5.74, 6) is 2.44. The van der Waals surface area contributed by atoms with E-state index in [0.717, 1.165) is 22.7 Å². The minimum Gasteiger partial charge on any atom is -0.497 e. The van der Waals surface area contributed by atoms with Crippen LogP contribution in [0.4, 0.5) is 5.69 Å². The summed E-state index contributed by atoms with van der Waals surface area (Å²) >= 11 is 5.31. The quantitative estimate of drug-likeness (QED) is 0.598. The Morgan fingerprint density at radius 3 is 2.78 bits per heavy atom. The molecule has 7 nitrogen and oxygen atoms in total. The number of ether oxygens (including phenoxy) is 2. The summed E-state index contributed by atoms with van der Waals surface area (Å²) in [6, 6.07) is 15.0. The molecule has 0 aliphatic rings. The molecule has 3 aromatic rings. The van der Waals surface area contributed by atoms with Crippen LogP contribution in [0.3, 0.4) is 0 Å². The molecule has 0 saturated heterocycles. The van der Waals surface area contributed by atoms with Gasteiger partial charge in [0.1, 0.15) is 11.5 Å². The molecule has 140 valence electrons. The molecule has 0 unspecified atom stereocenters. The van der Waals surface area contributed by atoms with Gasteiger partial charge in [-0.2, -0.15) is 4.98 Å². The summed E-state index contributed by atoms with van der Waals surface area (Å²) in [5, 5.41) is 10.6. The second kappa shape index (κ2) is 9.00.